The Balaban J connectivity index is 1.94. The molecule has 0 aliphatic carbocycles. The molecule has 2 aromatic rings. The Labute approximate surface area is 119 Å². The molecule has 2 rings (SSSR count). The van der Waals surface area contributed by atoms with E-state index >= 15 is 0 Å². The number of aliphatic hydroxyl groups is 1. The summed E-state index contributed by atoms with van der Waals surface area (Å²) in [7, 11) is 0. The molecule has 0 aliphatic heterocycles. The van der Waals surface area contributed by atoms with Gasteiger partial charge in [-0.25, -0.2) is 0 Å². The fraction of sp³-hybridized carbons (Fsp3) is 0.250. The molecule has 3 heteroatoms. The van der Waals surface area contributed by atoms with Gasteiger partial charge in [-0.3, -0.25) is 0 Å². The molecule has 100 valence electrons. The number of hydrogen-bond acceptors (Lipinski definition) is 2. The van der Waals surface area contributed by atoms with Crippen molar-refractivity contribution in [3.63, 3.8) is 0 Å². The fourth-order valence-corrected chi connectivity index (χ4v) is 2.18. The smallest absolute Gasteiger partial charge is 0.0992 e. The van der Waals surface area contributed by atoms with Crippen LogP contribution in [0.5, 0.6) is 0 Å². The third-order valence-corrected chi connectivity index (χ3v) is 3.51. The molecular formula is C16H18ClNO. The molecule has 2 nitrogen and oxygen atoms in total. The number of rotatable bonds is 5. The van der Waals surface area contributed by atoms with E-state index in [0.29, 0.717) is 13.1 Å². The molecule has 0 saturated heterocycles. The molecule has 0 radical (unpaired) electrons. The normalized spacial score (nSPS) is 14.1. The van der Waals surface area contributed by atoms with Crippen molar-refractivity contribution in [1.29, 1.82) is 0 Å². The largest absolute Gasteiger partial charge is 0.384 e. The Kier molecular flexibility index (Phi) is 4.59. The third-order valence-electron chi connectivity index (χ3n) is 3.14. The van der Waals surface area contributed by atoms with E-state index in [1.807, 2.05) is 61.5 Å². The van der Waals surface area contributed by atoms with E-state index in [9.17, 15) is 5.11 Å². The van der Waals surface area contributed by atoms with Crippen molar-refractivity contribution in [3.05, 3.63) is 70.7 Å². The maximum atomic E-state index is 10.4. The van der Waals surface area contributed by atoms with E-state index in [1.165, 1.54) is 0 Å². The van der Waals surface area contributed by atoms with Crippen LogP contribution in [-0.2, 0) is 12.1 Å². The summed E-state index contributed by atoms with van der Waals surface area (Å²) in [5.41, 5.74) is 1.05. The van der Waals surface area contributed by atoms with Gasteiger partial charge in [0.2, 0.25) is 0 Å². The summed E-state index contributed by atoms with van der Waals surface area (Å²) >= 11 is 6.09. The second-order valence-corrected chi connectivity index (χ2v) is 5.24. The number of hydrogen-bond donors (Lipinski definition) is 2. The lowest BCUT2D eigenvalue weighted by molar-refractivity contribution is 0.0567. The highest BCUT2D eigenvalue weighted by molar-refractivity contribution is 6.31. The van der Waals surface area contributed by atoms with Crippen LogP contribution >= 0.6 is 11.6 Å². The highest BCUT2D eigenvalue weighted by atomic mass is 35.5. The fourth-order valence-electron chi connectivity index (χ4n) is 1.98. The molecule has 2 aromatic carbocycles. The molecule has 0 spiro atoms. The first-order valence-corrected chi connectivity index (χ1v) is 6.69. The van der Waals surface area contributed by atoms with Crippen molar-refractivity contribution < 1.29 is 5.11 Å². The maximum Gasteiger partial charge on any atom is 0.0992 e. The number of nitrogens with one attached hydrogen (secondary N) is 1. The summed E-state index contributed by atoms with van der Waals surface area (Å²) in [4.78, 5) is 0. The van der Waals surface area contributed by atoms with Crippen LogP contribution in [0.4, 0.5) is 0 Å². The minimum Gasteiger partial charge on any atom is -0.384 e. The third kappa shape index (κ3) is 3.80. The molecule has 0 aromatic heterocycles. The summed E-state index contributed by atoms with van der Waals surface area (Å²) in [6.07, 6.45) is 0. The molecule has 0 fully saturated rings. The average Bonchev–Trinajstić information content (AvgIpc) is 2.42. The molecule has 0 heterocycles. The zero-order valence-electron chi connectivity index (χ0n) is 10.9. The Bertz CT molecular complexity index is 525. The molecule has 1 atom stereocenters. The van der Waals surface area contributed by atoms with Gasteiger partial charge in [0.15, 0.2) is 0 Å². The second-order valence-electron chi connectivity index (χ2n) is 4.83. The monoisotopic (exact) mass is 275 g/mol. The molecule has 0 amide bonds. The van der Waals surface area contributed by atoms with Gasteiger partial charge in [0.1, 0.15) is 0 Å². The SMILES string of the molecule is CC(O)(CNCc1ccccc1Cl)c1ccccc1. The highest BCUT2D eigenvalue weighted by Crippen LogP contribution is 2.20. The predicted molar refractivity (Wildman–Crippen MR) is 79.2 cm³/mol. The molecule has 0 aliphatic rings. The van der Waals surface area contributed by atoms with E-state index in [0.717, 1.165) is 16.1 Å². The van der Waals surface area contributed by atoms with Crippen molar-refractivity contribution in [1.82, 2.24) is 5.32 Å². The average molecular weight is 276 g/mol. The van der Waals surface area contributed by atoms with Gasteiger partial charge in [-0.2, -0.15) is 0 Å². The summed E-state index contributed by atoms with van der Waals surface area (Å²) < 4.78 is 0. The summed E-state index contributed by atoms with van der Waals surface area (Å²) in [6, 6.07) is 17.4. The van der Waals surface area contributed by atoms with Gasteiger partial charge < -0.3 is 10.4 Å². The van der Waals surface area contributed by atoms with E-state index in [-0.39, 0.29) is 0 Å². The van der Waals surface area contributed by atoms with Gasteiger partial charge in [0.25, 0.3) is 0 Å². The van der Waals surface area contributed by atoms with Crippen LogP contribution in [0.25, 0.3) is 0 Å². The van der Waals surface area contributed by atoms with Crippen LogP contribution < -0.4 is 5.32 Å². The van der Waals surface area contributed by atoms with Gasteiger partial charge in [0.05, 0.1) is 5.60 Å². The van der Waals surface area contributed by atoms with Crippen LogP contribution in [-0.4, -0.2) is 11.7 Å². The Morgan fingerprint density at radius 3 is 2.37 bits per heavy atom. The van der Waals surface area contributed by atoms with Gasteiger partial charge in [-0.05, 0) is 24.1 Å². The molecular weight excluding hydrogens is 258 g/mol. The molecule has 19 heavy (non-hydrogen) atoms. The van der Waals surface area contributed by atoms with E-state index in [4.69, 9.17) is 11.6 Å². The number of halogens is 1. The van der Waals surface area contributed by atoms with Gasteiger partial charge in [-0.15, -0.1) is 0 Å². The standard InChI is InChI=1S/C16H18ClNO/c1-16(19,14-8-3-2-4-9-14)12-18-11-13-7-5-6-10-15(13)17/h2-10,18-19H,11-12H2,1H3. The summed E-state index contributed by atoms with van der Waals surface area (Å²) in [6.45, 7) is 2.92. The first kappa shape index (κ1) is 14.1. The second kappa shape index (κ2) is 6.20. The topological polar surface area (TPSA) is 32.3 Å². The van der Waals surface area contributed by atoms with Crippen molar-refractivity contribution in [2.45, 2.75) is 19.1 Å². The zero-order chi connectivity index (χ0) is 13.7. The molecule has 0 saturated carbocycles. The minimum atomic E-state index is -0.886. The van der Waals surface area contributed by atoms with E-state index in [1.54, 1.807) is 0 Å². The lowest BCUT2D eigenvalue weighted by Crippen LogP contribution is -2.35. The van der Waals surface area contributed by atoms with Crippen molar-refractivity contribution >= 4 is 11.6 Å². The zero-order valence-corrected chi connectivity index (χ0v) is 11.7. The highest BCUT2D eigenvalue weighted by Gasteiger charge is 2.21. The van der Waals surface area contributed by atoms with Crippen LogP contribution in [0, 0.1) is 0 Å². The van der Waals surface area contributed by atoms with Gasteiger partial charge in [0, 0.05) is 18.1 Å². The van der Waals surface area contributed by atoms with Gasteiger partial charge in [-0.1, -0.05) is 60.1 Å². The Morgan fingerprint density at radius 1 is 1.05 bits per heavy atom. The van der Waals surface area contributed by atoms with E-state index < -0.39 is 5.60 Å². The van der Waals surface area contributed by atoms with Crippen LogP contribution in [0.2, 0.25) is 5.02 Å². The minimum absolute atomic E-state index is 0.474. The van der Waals surface area contributed by atoms with Gasteiger partial charge >= 0.3 is 0 Å². The summed E-state index contributed by atoms with van der Waals surface area (Å²) in [5, 5.41) is 14.4. The molecule has 2 N–H and O–H groups in total. The maximum absolute atomic E-state index is 10.4. The Hall–Kier alpha value is -1.35. The first-order chi connectivity index (χ1) is 9.09. The molecule has 0 bridgehead atoms. The van der Waals surface area contributed by atoms with Crippen molar-refractivity contribution in [2.75, 3.05) is 6.54 Å². The van der Waals surface area contributed by atoms with Crippen molar-refractivity contribution in [2.24, 2.45) is 0 Å². The Morgan fingerprint density at radius 2 is 1.68 bits per heavy atom. The van der Waals surface area contributed by atoms with Crippen LogP contribution in [0.3, 0.4) is 0 Å². The van der Waals surface area contributed by atoms with Crippen molar-refractivity contribution in [3.8, 4) is 0 Å². The first-order valence-electron chi connectivity index (χ1n) is 6.31. The quantitative estimate of drug-likeness (QED) is 0.877. The summed E-state index contributed by atoms with van der Waals surface area (Å²) in [5.74, 6) is 0. The van der Waals surface area contributed by atoms with Crippen LogP contribution in [0.15, 0.2) is 54.6 Å². The molecule has 1 unspecified atom stereocenters. The number of benzene rings is 2. The lowest BCUT2D eigenvalue weighted by atomic mass is 9.96. The van der Waals surface area contributed by atoms with E-state index in [2.05, 4.69) is 5.32 Å². The lowest BCUT2D eigenvalue weighted by Gasteiger charge is -2.24. The predicted octanol–water partition coefficient (Wildman–Crippen LogP) is 3.34. The van der Waals surface area contributed by atoms with Crippen LogP contribution in [0.1, 0.15) is 18.1 Å².